The van der Waals surface area contributed by atoms with E-state index in [1.165, 1.54) is 0 Å². The number of hydrogen-bond acceptors (Lipinski definition) is 3. The van der Waals surface area contributed by atoms with E-state index in [0.29, 0.717) is 12.6 Å². The molecule has 0 amide bonds. The number of ether oxygens (including phenoxy) is 1. The third kappa shape index (κ3) is 4.84. The van der Waals surface area contributed by atoms with Crippen LogP contribution in [0.5, 0.6) is 5.75 Å². The van der Waals surface area contributed by atoms with Gasteiger partial charge in [0.05, 0.1) is 6.61 Å². The fourth-order valence-electron chi connectivity index (χ4n) is 2.27. The maximum atomic E-state index is 6.37. The number of nitrogens with zero attached hydrogens (tertiary/aromatic N) is 1. The Bertz CT molecular complexity index is 366. The zero-order valence-corrected chi connectivity index (χ0v) is 12.7. The van der Waals surface area contributed by atoms with Gasteiger partial charge in [-0.15, -0.1) is 0 Å². The highest BCUT2D eigenvalue weighted by Gasteiger charge is 2.17. The number of para-hydroxylation sites is 1. The highest BCUT2D eigenvalue weighted by atomic mass is 16.5. The minimum absolute atomic E-state index is 0.00306. The highest BCUT2D eigenvalue weighted by Crippen LogP contribution is 2.24. The summed E-state index contributed by atoms with van der Waals surface area (Å²) >= 11 is 0. The van der Waals surface area contributed by atoms with Crippen molar-refractivity contribution in [2.75, 3.05) is 19.7 Å². The molecule has 0 aromatic heterocycles. The quantitative estimate of drug-likeness (QED) is 0.783. The fraction of sp³-hybridized carbons (Fsp3) is 0.625. The van der Waals surface area contributed by atoms with Gasteiger partial charge < -0.3 is 10.5 Å². The normalized spacial score (nSPS) is 13.0. The van der Waals surface area contributed by atoms with Crippen molar-refractivity contribution in [2.45, 2.75) is 46.2 Å². The van der Waals surface area contributed by atoms with Crippen molar-refractivity contribution in [3.05, 3.63) is 29.8 Å². The van der Waals surface area contributed by atoms with Gasteiger partial charge in [0.1, 0.15) is 5.75 Å². The lowest BCUT2D eigenvalue weighted by Gasteiger charge is -2.29. The Morgan fingerprint density at radius 2 is 1.89 bits per heavy atom. The second-order valence-corrected chi connectivity index (χ2v) is 5.17. The van der Waals surface area contributed by atoms with Gasteiger partial charge in [-0.2, -0.15) is 0 Å². The molecule has 0 saturated heterocycles. The molecule has 1 rings (SSSR count). The van der Waals surface area contributed by atoms with Crippen molar-refractivity contribution in [3.63, 3.8) is 0 Å². The van der Waals surface area contributed by atoms with E-state index in [4.69, 9.17) is 10.5 Å². The molecule has 1 unspecified atom stereocenters. The van der Waals surface area contributed by atoms with Crippen molar-refractivity contribution in [3.8, 4) is 5.75 Å². The molecule has 0 radical (unpaired) electrons. The maximum Gasteiger partial charge on any atom is 0.124 e. The summed E-state index contributed by atoms with van der Waals surface area (Å²) in [5.74, 6) is 0.915. The first-order chi connectivity index (χ1) is 9.10. The van der Waals surface area contributed by atoms with Crippen LogP contribution in [0.15, 0.2) is 24.3 Å². The second-order valence-electron chi connectivity index (χ2n) is 5.17. The van der Waals surface area contributed by atoms with E-state index in [-0.39, 0.29) is 6.04 Å². The molecule has 0 aliphatic heterocycles. The van der Waals surface area contributed by atoms with Crippen molar-refractivity contribution < 1.29 is 4.74 Å². The van der Waals surface area contributed by atoms with Crippen LogP contribution in [0.25, 0.3) is 0 Å². The molecule has 108 valence electrons. The largest absolute Gasteiger partial charge is 0.494 e. The van der Waals surface area contributed by atoms with Gasteiger partial charge in [-0.05, 0) is 39.8 Å². The highest BCUT2D eigenvalue weighted by molar-refractivity contribution is 5.36. The van der Waals surface area contributed by atoms with Crippen LogP contribution in [0.2, 0.25) is 0 Å². The fourth-order valence-corrected chi connectivity index (χ4v) is 2.27. The maximum absolute atomic E-state index is 6.37. The first-order valence-corrected chi connectivity index (χ1v) is 7.31. The van der Waals surface area contributed by atoms with Gasteiger partial charge in [0.2, 0.25) is 0 Å². The SMILES string of the molecule is CCCN(CC(N)c1ccccc1OCC)C(C)C. The zero-order valence-electron chi connectivity index (χ0n) is 12.7. The molecule has 0 aliphatic carbocycles. The molecule has 3 heteroatoms. The van der Waals surface area contributed by atoms with E-state index in [9.17, 15) is 0 Å². The van der Waals surface area contributed by atoms with Gasteiger partial charge in [0.15, 0.2) is 0 Å². The Morgan fingerprint density at radius 3 is 2.47 bits per heavy atom. The molecule has 19 heavy (non-hydrogen) atoms. The third-order valence-corrected chi connectivity index (χ3v) is 3.29. The van der Waals surface area contributed by atoms with Gasteiger partial charge in [0, 0.05) is 24.2 Å². The molecule has 0 aliphatic rings. The van der Waals surface area contributed by atoms with E-state index in [2.05, 4.69) is 31.7 Å². The molecule has 0 fully saturated rings. The Morgan fingerprint density at radius 1 is 1.21 bits per heavy atom. The monoisotopic (exact) mass is 264 g/mol. The minimum atomic E-state index is -0.00306. The van der Waals surface area contributed by atoms with Gasteiger partial charge in [-0.25, -0.2) is 0 Å². The van der Waals surface area contributed by atoms with E-state index < -0.39 is 0 Å². The van der Waals surface area contributed by atoms with Crippen LogP contribution < -0.4 is 10.5 Å². The number of nitrogens with two attached hydrogens (primary N) is 1. The van der Waals surface area contributed by atoms with Crippen LogP contribution in [-0.4, -0.2) is 30.6 Å². The molecule has 1 aromatic rings. The Labute approximate surface area is 117 Å². The first-order valence-electron chi connectivity index (χ1n) is 7.31. The van der Waals surface area contributed by atoms with E-state index in [1.807, 2.05) is 25.1 Å². The molecule has 0 bridgehead atoms. The van der Waals surface area contributed by atoms with Gasteiger partial charge in [-0.3, -0.25) is 4.90 Å². The molecule has 1 aromatic carbocycles. The van der Waals surface area contributed by atoms with Crippen LogP contribution in [0.3, 0.4) is 0 Å². The summed E-state index contributed by atoms with van der Waals surface area (Å²) in [7, 11) is 0. The number of hydrogen-bond donors (Lipinski definition) is 1. The second kappa shape index (κ2) is 8.18. The summed E-state index contributed by atoms with van der Waals surface area (Å²) in [6.07, 6.45) is 1.15. The zero-order chi connectivity index (χ0) is 14.3. The number of rotatable bonds is 8. The van der Waals surface area contributed by atoms with Gasteiger partial charge >= 0.3 is 0 Å². The molecule has 0 heterocycles. The molecule has 1 atom stereocenters. The lowest BCUT2D eigenvalue weighted by molar-refractivity contribution is 0.207. The van der Waals surface area contributed by atoms with Crippen LogP contribution in [0.4, 0.5) is 0 Å². The predicted octanol–water partition coefficient (Wildman–Crippen LogP) is 3.21. The summed E-state index contributed by atoms with van der Waals surface area (Å²) in [4.78, 5) is 2.42. The van der Waals surface area contributed by atoms with Gasteiger partial charge in [0.25, 0.3) is 0 Å². The summed E-state index contributed by atoms with van der Waals surface area (Å²) in [6.45, 7) is 11.3. The molecule has 2 N–H and O–H groups in total. The van der Waals surface area contributed by atoms with Crippen LogP contribution in [-0.2, 0) is 0 Å². The summed E-state index contributed by atoms with van der Waals surface area (Å²) in [5.41, 5.74) is 7.48. The Balaban J connectivity index is 2.78. The van der Waals surface area contributed by atoms with Crippen LogP contribution >= 0.6 is 0 Å². The molecule has 0 saturated carbocycles. The Hall–Kier alpha value is -1.06. The van der Waals surface area contributed by atoms with Crippen molar-refractivity contribution >= 4 is 0 Å². The Kier molecular flexibility index (Phi) is 6.89. The average molecular weight is 264 g/mol. The lowest BCUT2D eigenvalue weighted by Crippen LogP contribution is -2.37. The van der Waals surface area contributed by atoms with Crippen LogP contribution in [0.1, 0.15) is 45.7 Å². The molecular weight excluding hydrogens is 236 g/mol. The van der Waals surface area contributed by atoms with Crippen molar-refractivity contribution in [2.24, 2.45) is 5.73 Å². The molecule has 3 nitrogen and oxygen atoms in total. The predicted molar refractivity (Wildman–Crippen MR) is 81.5 cm³/mol. The smallest absolute Gasteiger partial charge is 0.124 e. The van der Waals surface area contributed by atoms with Gasteiger partial charge in [-0.1, -0.05) is 25.1 Å². The lowest BCUT2D eigenvalue weighted by atomic mass is 10.1. The molecular formula is C16H28N2O. The van der Waals surface area contributed by atoms with E-state index >= 15 is 0 Å². The third-order valence-electron chi connectivity index (χ3n) is 3.29. The first kappa shape index (κ1) is 16.0. The average Bonchev–Trinajstić information content (AvgIpc) is 2.39. The van der Waals surface area contributed by atoms with Crippen LogP contribution in [0, 0.1) is 0 Å². The minimum Gasteiger partial charge on any atom is -0.494 e. The summed E-state index contributed by atoms with van der Waals surface area (Å²) in [5, 5.41) is 0. The van der Waals surface area contributed by atoms with Crippen molar-refractivity contribution in [1.29, 1.82) is 0 Å². The van der Waals surface area contributed by atoms with E-state index in [1.54, 1.807) is 0 Å². The number of benzene rings is 1. The van der Waals surface area contributed by atoms with Crippen molar-refractivity contribution in [1.82, 2.24) is 4.90 Å². The van der Waals surface area contributed by atoms with E-state index in [0.717, 1.165) is 30.8 Å². The topological polar surface area (TPSA) is 38.5 Å². The summed E-state index contributed by atoms with van der Waals surface area (Å²) in [6, 6.07) is 8.60. The summed E-state index contributed by atoms with van der Waals surface area (Å²) < 4.78 is 5.66. The molecule has 0 spiro atoms. The standard InChI is InChI=1S/C16H28N2O/c1-5-11-18(13(3)4)12-15(17)14-9-7-8-10-16(14)19-6-2/h7-10,13,15H,5-6,11-12,17H2,1-4H3.